The summed E-state index contributed by atoms with van der Waals surface area (Å²) in [5.74, 6) is -0.848. The van der Waals surface area contributed by atoms with Crippen LogP contribution in [0.4, 0.5) is 11.4 Å². The number of methoxy groups -OCH3 is 1. The molecule has 0 saturated heterocycles. The molecule has 0 fully saturated rings. The van der Waals surface area contributed by atoms with E-state index >= 15 is 0 Å². The van der Waals surface area contributed by atoms with E-state index in [0.29, 0.717) is 12.1 Å². The fourth-order valence-corrected chi connectivity index (χ4v) is 4.74. The van der Waals surface area contributed by atoms with E-state index < -0.39 is 39.3 Å². The van der Waals surface area contributed by atoms with Gasteiger partial charge in [-0.1, -0.05) is 41.9 Å². The average molecular weight is 600 g/mol. The maximum Gasteiger partial charge on any atom is 0.271 e. The van der Waals surface area contributed by atoms with Crippen LogP contribution in [0, 0.1) is 16.0 Å². The number of sulfonamides is 1. The van der Waals surface area contributed by atoms with Gasteiger partial charge >= 0.3 is 0 Å². The molecule has 202 valence electrons. The van der Waals surface area contributed by atoms with Gasteiger partial charge in [-0.25, -0.2) is 8.42 Å². The van der Waals surface area contributed by atoms with E-state index in [1.54, 1.807) is 25.1 Å². The lowest BCUT2D eigenvalue weighted by Crippen LogP contribution is -2.51. The minimum atomic E-state index is -4.09. The maximum absolute atomic E-state index is 13.6. The van der Waals surface area contributed by atoms with Crippen molar-refractivity contribution >= 4 is 49.1 Å². The first-order valence-corrected chi connectivity index (χ1v) is 14.0. The highest BCUT2D eigenvalue weighted by molar-refractivity contribution is 9.10. The molecule has 0 saturated carbocycles. The third-order valence-corrected chi connectivity index (χ3v) is 7.03. The highest BCUT2D eigenvalue weighted by Gasteiger charge is 2.32. The van der Waals surface area contributed by atoms with Crippen molar-refractivity contribution in [1.29, 1.82) is 0 Å². The second-order valence-electron chi connectivity index (χ2n) is 8.85. The Labute approximate surface area is 225 Å². The SMILES string of the molecule is COc1ccc([N+](=O)[O-])cc1N(CC(=O)N(Cc1cccc(Br)c1)[C@@H](C)C(=O)NCC(C)C)S(C)(=O)=O. The van der Waals surface area contributed by atoms with Crippen molar-refractivity contribution in [2.75, 3.05) is 30.8 Å². The van der Waals surface area contributed by atoms with Crippen molar-refractivity contribution < 1.29 is 27.7 Å². The monoisotopic (exact) mass is 598 g/mol. The van der Waals surface area contributed by atoms with Gasteiger partial charge in [0, 0.05) is 29.7 Å². The van der Waals surface area contributed by atoms with Crippen LogP contribution in [0.3, 0.4) is 0 Å². The molecule has 0 aliphatic carbocycles. The van der Waals surface area contributed by atoms with Crippen molar-refractivity contribution in [3.05, 3.63) is 62.6 Å². The number of carbonyl (C=O) groups is 2. The molecule has 2 aromatic carbocycles. The number of halogens is 1. The van der Waals surface area contributed by atoms with Gasteiger partial charge in [-0.05, 0) is 36.6 Å². The van der Waals surface area contributed by atoms with Gasteiger partial charge in [0.2, 0.25) is 21.8 Å². The van der Waals surface area contributed by atoms with Gasteiger partial charge in [0.05, 0.1) is 18.3 Å². The normalized spacial score (nSPS) is 12.1. The van der Waals surface area contributed by atoms with Crippen molar-refractivity contribution in [2.45, 2.75) is 33.4 Å². The summed E-state index contributed by atoms with van der Waals surface area (Å²) in [5.41, 5.74) is 0.182. The lowest BCUT2D eigenvalue weighted by Gasteiger charge is -2.32. The first-order chi connectivity index (χ1) is 17.2. The summed E-state index contributed by atoms with van der Waals surface area (Å²) >= 11 is 3.39. The number of nitro groups is 1. The molecule has 11 nitrogen and oxygen atoms in total. The van der Waals surface area contributed by atoms with E-state index in [0.717, 1.165) is 21.1 Å². The lowest BCUT2D eigenvalue weighted by atomic mass is 10.1. The number of amides is 2. The number of nitrogens with zero attached hydrogens (tertiary/aromatic N) is 3. The molecule has 0 spiro atoms. The minimum Gasteiger partial charge on any atom is -0.495 e. The summed E-state index contributed by atoms with van der Waals surface area (Å²) < 4.78 is 32.3. The Kier molecular flexibility index (Phi) is 10.4. The highest BCUT2D eigenvalue weighted by atomic mass is 79.9. The molecule has 0 aliphatic rings. The number of nitrogens with one attached hydrogen (secondary N) is 1. The van der Waals surface area contributed by atoms with E-state index in [2.05, 4.69) is 21.2 Å². The zero-order valence-electron chi connectivity index (χ0n) is 21.3. The van der Waals surface area contributed by atoms with Crippen LogP contribution in [-0.2, 0) is 26.2 Å². The molecule has 2 rings (SSSR count). The van der Waals surface area contributed by atoms with Gasteiger partial charge in [-0.15, -0.1) is 0 Å². The van der Waals surface area contributed by atoms with Crippen molar-refractivity contribution in [1.82, 2.24) is 10.2 Å². The van der Waals surface area contributed by atoms with Crippen LogP contribution < -0.4 is 14.4 Å². The van der Waals surface area contributed by atoms with Crippen LogP contribution in [0.1, 0.15) is 26.3 Å². The van der Waals surface area contributed by atoms with E-state index in [-0.39, 0.29) is 29.6 Å². The largest absolute Gasteiger partial charge is 0.495 e. The van der Waals surface area contributed by atoms with Crippen LogP contribution >= 0.6 is 15.9 Å². The van der Waals surface area contributed by atoms with Crippen molar-refractivity contribution in [2.24, 2.45) is 5.92 Å². The molecule has 0 bridgehead atoms. The number of benzene rings is 2. The van der Waals surface area contributed by atoms with Crippen LogP contribution in [0.5, 0.6) is 5.75 Å². The minimum absolute atomic E-state index is 0.0260. The van der Waals surface area contributed by atoms with Crippen molar-refractivity contribution in [3.63, 3.8) is 0 Å². The van der Waals surface area contributed by atoms with Gasteiger partial charge in [0.1, 0.15) is 24.0 Å². The first-order valence-electron chi connectivity index (χ1n) is 11.4. The number of hydrogen-bond donors (Lipinski definition) is 1. The molecular weight excluding hydrogens is 568 g/mol. The Morgan fingerprint density at radius 3 is 2.38 bits per heavy atom. The van der Waals surface area contributed by atoms with E-state index in [4.69, 9.17) is 4.74 Å². The average Bonchev–Trinajstić information content (AvgIpc) is 2.82. The molecule has 13 heteroatoms. The first kappa shape index (κ1) is 30.0. The number of carbonyl (C=O) groups excluding carboxylic acids is 2. The summed E-state index contributed by atoms with van der Waals surface area (Å²) in [6.45, 7) is 5.16. The third-order valence-electron chi connectivity index (χ3n) is 5.41. The Morgan fingerprint density at radius 1 is 1.16 bits per heavy atom. The second kappa shape index (κ2) is 12.9. The number of hydrogen-bond acceptors (Lipinski definition) is 7. The van der Waals surface area contributed by atoms with Crippen LogP contribution in [0.15, 0.2) is 46.9 Å². The zero-order chi connectivity index (χ0) is 27.9. The number of anilines is 1. The summed E-state index contributed by atoms with van der Waals surface area (Å²) in [6, 6.07) is 9.70. The molecule has 0 heterocycles. The number of ether oxygens (including phenoxy) is 1. The van der Waals surface area contributed by atoms with Crippen molar-refractivity contribution in [3.8, 4) is 5.75 Å². The Balaban J connectivity index is 2.50. The smallest absolute Gasteiger partial charge is 0.271 e. The van der Waals surface area contributed by atoms with Crippen LogP contribution in [-0.4, -0.2) is 62.6 Å². The highest BCUT2D eigenvalue weighted by Crippen LogP contribution is 2.34. The van der Waals surface area contributed by atoms with Crippen LogP contribution in [0.25, 0.3) is 0 Å². The molecular formula is C24H31BrN4O7S. The Hall–Kier alpha value is -3.19. The molecule has 0 aliphatic heterocycles. The summed E-state index contributed by atoms with van der Waals surface area (Å²) in [7, 11) is -2.81. The number of nitro benzene ring substituents is 1. The number of rotatable bonds is 12. The number of non-ortho nitro benzene ring substituents is 1. The summed E-state index contributed by atoms with van der Waals surface area (Å²) in [5, 5.41) is 14.1. The summed E-state index contributed by atoms with van der Waals surface area (Å²) in [6.07, 6.45) is 0.885. The summed E-state index contributed by atoms with van der Waals surface area (Å²) in [4.78, 5) is 38.4. The quantitative estimate of drug-likeness (QED) is 0.292. The second-order valence-corrected chi connectivity index (χ2v) is 11.7. The van der Waals surface area contributed by atoms with E-state index in [1.807, 2.05) is 19.9 Å². The molecule has 2 amide bonds. The van der Waals surface area contributed by atoms with Crippen LogP contribution in [0.2, 0.25) is 0 Å². The molecule has 1 N–H and O–H groups in total. The molecule has 0 aromatic heterocycles. The van der Waals surface area contributed by atoms with Gasteiger partial charge in [0.25, 0.3) is 5.69 Å². The molecule has 1 atom stereocenters. The lowest BCUT2D eigenvalue weighted by molar-refractivity contribution is -0.384. The Bertz CT molecular complexity index is 1250. The molecule has 2 aromatic rings. The van der Waals surface area contributed by atoms with Gasteiger partial charge in [-0.3, -0.25) is 24.0 Å². The van der Waals surface area contributed by atoms with Gasteiger partial charge in [-0.2, -0.15) is 0 Å². The third kappa shape index (κ3) is 8.42. The predicted octanol–water partition coefficient (Wildman–Crippen LogP) is 3.32. The fraction of sp³-hybridized carbons (Fsp3) is 0.417. The standard InChI is InChI=1S/C24H31BrN4O7S/c1-16(2)13-26-24(31)17(3)27(14-18-7-6-8-19(25)11-18)23(30)15-28(37(5,34)35)21-12-20(29(32)33)9-10-22(21)36-4/h6-12,16-17H,13-15H2,1-5H3,(H,26,31)/t17-/m0/s1. The van der Waals surface area contributed by atoms with E-state index in [9.17, 15) is 28.1 Å². The van der Waals surface area contributed by atoms with E-state index in [1.165, 1.54) is 24.1 Å². The topological polar surface area (TPSA) is 139 Å². The van der Waals surface area contributed by atoms with Gasteiger partial charge < -0.3 is 15.0 Å². The zero-order valence-corrected chi connectivity index (χ0v) is 23.7. The molecule has 0 radical (unpaired) electrons. The van der Waals surface area contributed by atoms with Gasteiger partial charge in [0.15, 0.2) is 0 Å². The molecule has 37 heavy (non-hydrogen) atoms. The predicted molar refractivity (Wildman–Crippen MR) is 144 cm³/mol. The molecule has 0 unspecified atom stereocenters. The maximum atomic E-state index is 13.6. The Morgan fingerprint density at radius 2 is 1.84 bits per heavy atom. The fourth-order valence-electron chi connectivity index (χ4n) is 3.45.